The van der Waals surface area contributed by atoms with Crippen LogP contribution in [0, 0.1) is 11.7 Å². The predicted octanol–water partition coefficient (Wildman–Crippen LogP) is 6.16. The molecule has 220 valence electrons. The first-order chi connectivity index (χ1) is 19.1. The van der Waals surface area contributed by atoms with Crippen LogP contribution >= 0.6 is 0 Å². The lowest BCUT2D eigenvalue weighted by Crippen LogP contribution is -2.42. The van der Waals surface area contributed by atoms with Crippen molar-refractivity contribution >= 4 is 5.91 Å². The van der Waals surface area contributed by atoms with Gasteiger partial charge in [0.05, 0.1) is 29.4 Å². The zero-order valence-electron chi connectivity index (χ0n) is 20.7. The van der Waals surface area contributed by atoms with Gasteiger partial charge in [-0.15, -0.1) is 0 Å². The van der Waals surface area contributed by atoms with Crippen LogP contribution in [0.4, 0.5) is 39.5 Å². The van der Waals surface area contributed by atoms with E-state index in [0.29, 0.717) is 12.1 Å². The van der Waals surface area contributed by atoms with Crippen LogP contribution < -0.4 is 10.9 Å². The van der Waals surface area contributed by atoms with Crippen LogP contribution in [-0.4, -0.2) is 22.0 Å². The summed E-state index contributed by atoms with van der Waals surface area (Å²) in [6.45, 7) is -0.688. The number of halogens is 9. The molecule has 4 rings (SSSR count). The average molecular weight is 593 g/mol. The molecule has 2 aromatic carbocycles. The van der Waals surface area contributed by atoms with Gasteiger partial charge in [-0.3, -0.25) is 9.59 Å². The summed E-state index contributed by atoms with van der Waals surface area (Å²) in [7, 11) is 0. The maximum absolute atomic E-state index is 15.3. The Hall–Kier alpha value is -3.88. The third kappa shape index (κ3) is 7.07. The fourth-order valence-electron chi connectivity index (χ4n) is 4.22. The van der Waals surface area contributed by atoms with Crippen molar-refractivity contribution in [2.45, 2.75) is 50.9 Å². The van der Waals surface area contributed by atoms with Crippen molar-refractivity contribution in [2.24, 2.45) is 5.92 Å². The zero-order valence-corrected chi connectivity index (χ0v) is 20.7. The Bertz CT molecular complexity index is 1480. The molecule has 3 aromatic rings. The molecule has 6 nitrogen and oxygen atoms in total. The quantitative estimate of drug-likeness (QED) is 0.307. The Morgan fingerprint density at radius 1 is 1.05 bits per heavy atom. The summed E-state index contributed by atoms with van der Waals surface area (Å²) in [5.41, 5.74) is -6.16. The summed E-state index contributed by atoms with van der Waals surface area (Å²) in [5, 5.41) is 2.38. The summed E-state index contributed by atoms with van der Waals surface area (Å²) in [6, 6.07) is 6.19. The van der Waals surface area contributed by atoms with Gasteiger partial charge in [0.1, 0.15) is 17.3 Å². The molecule has 0 aliphatic heterocycles. The number of ether oxygens (including phenoxy) is 1. The normalized spacial score (nSPS) is 17.4. The number of aromatic nitrogens is 2. The smallest absolute Gasteiger partial charge is 0.373 e. The Morgan fingerprint density at radius 2 is 1.76 bits per heavy atom. The minimum Gasteiger partial charge on any atom is -0.373 e. The molecule has 2 N–H and O–H groups in total. The van der Waals surface area contributed by atoms with E-state index in [1.54, 1.807) is 0 Å². The monoisotopic (exact) mass is 593 g/mol. The molecule has 0 bridgehead atoms. The van der Waals surface area contributed by atoms with Crippen molar-refractivity contribution in [1.29, 1.82) is 0 Å². The van der Waals surface area contributed by atoms with Gasteiger partial charge in [0.25, 0.3) is 12.0 Å². The minimum absolute atomic E-state index is 0.120. The molecule has 1 fully saturated rings. The van der Waals surface area contributed by atoms with Gasteiger partial charge in [-0.1, -0.05) is 18.2 Å². The Labute approximate surface area is 225 Å². The number of hydrogen-bond acceptors (Lipinski definition) is 4. The number of aromatic amines is 1. The third-order valence-electron chi connectivity index (χ3n) is 6.41. The number of carbonyl (C=O) groups is 1. The van der Waals surface area contributed by atoms with Crippen LogP contribution in [0.15, 0.2) is 47.3 Å². The summed E-state index contributed by atoms with van der Waals surface area (Å²) in [5.74, 6) is -3.74. The third-order valence-corrected chi connectivity index (χ3v) is 6.41. The summed E-state index contributed by atoms with van der Waals surface area (Å²) >= 11 is 0. The maximum atomic E-state index is 15.3. The van der Waals surface area contributed by atoms with E-state index in [-0.39, 0.29) is 25.0 Å². The van der Waals surface area contributed by atoms with Crippen LogP contribution in [0.5, 0.6) is 0 Å². The first-order valence-electron chi connectivity index (χ1n) is 12.0. The molecule has 1 heterocycles. The van der Waals surface area contributed by atoms with Crippen LogP contribution in [0.3, 0.4) is 0 Å². The van der Waals surface area contributed by atoms with E-state index in [9.17, 15) is 44.7 Å². The standard InChI is InChI=1S/C26H20F9N3O3/c27-21-13(4-5-17(26(33,34)35)20(21)23-37-18(22(28)29)9-19(39)38-23)10-36-24(40)14-7-16(8-14)41-11-12-2-1-3-15(6-12)25(30,31)32/h1-6,9,14,16,22H,7-8,10-11H2,(H,36,40)(H,37,38,39). The van der Waals surface area contributed by atoms with E-state index >= 15 is 4.39 Å². The zero-order chi connectivity index (χ0) is 30.1. The van der Waals surface area contributed by atoms with E-state index in [1.165, 1.54) is 12.1 Å². The van der Waals surface area contributed by atoms with Gasteiger partial charge >= 0.3 is 12.4 Å². The second-order valence-corrected chi connectivity index (χ2v) is 9.30. The van der Waals surface area contributed by atoms with Crippen LogP contribution in [0.25, 0.3) is 11.4 Å². The Morgan fingerprint density at radius 3 is 2.39 bits per heavy atom. The number of hydrogen-bond donors (Lipinski definition) is 2. The van der Waals surface area contributed by atoms with E-state index < -0.39 is 88.4 Å². The number of rotatable bonds is 8. The van der Waals surface area contributed by atoms with E-state index in [0.717, 1.165) is 18.2 Å². The summed E-state index contributed by atoms with van der Waals surface area (Å²) in [6.07, 6.45) is -13.0. The first kappa shape index (κ1) is 30.1. The van der Waals surface area contributed by atoms with Gasteiger partial charge in [0.15, 0.2) is 0 Å². The van der Waals surface area contributed by atoms with Gasteiger partial charge in [-0.05, 0) is 36.6 Å². The van der Waals surface area contributed by atoms with Crippen molar-refractivity contribution in [3.8, 4) is 11.4 Å². The topological polar surface area (TPSA) is 84.1 Å². The number of carbonyl (C=O) groups excluding carboxylic acids is 1. The minimum atomic E-state index is -5.13. The van der Waals surface area contributed by atoms with Crippen molar-refractivity contribution in [3.63, 3.8) is 0 Å². The fraction of sp³-hybridized carbons (Fsp3) is 0.346. The van der Waals surface area contributed by atoms with Gasteiger partial charge in [0.2, 0.25) is 5.91 Å². The highest BCUT2D eigenvalue weighted by Crippen LogP contribution is 2.39. The highest BCUT2D eigenvalue weighted by atomic mass is 19.4. The fourth-order valence-corrected chi connectivity index (χ4v) is 4.22. The molecule has 0 spiro atoms. The molecule has 15 heteroatoms. The lowest BCUT2D eigenvalue weighted by Gasteiger charge is -2.34. The van der Waals surface area contributed by atoms with Gasteiger partial charge < -0.3 is 15.0 Å². The molecule has 0 radical (unpaired) electrons. The van der Waals surface area contributed by atoms with E-state index in [2.05, 4.69) is 10.3 Å². The maximum Gasteiger partial charge on any atom is 0.417 e. The molecule has 0 saturated heterocycles. The van der Waals surface area contributed by atoms with Gasteiger partial charge in [-0.2, -0.15) is 26.3 Å². The van der Waals surface area contributed by atoms with Crippen LogP contribution in [0.1, 0.15) is 47.2 Å². The molecule has 0 atom stereocenters. The number of amides is 1. The lowest BCUT2D eigenvalue weighted by atomic mass is 9.81. The predicted molar refractivity (Wildman–Crippen MR) is 125 cm³/mol. The van der Waals surface area contributed by atoms with Crippen LogP contribution in [-0.2, 0) is 35.0 Å². The number of nitrogens with one attached hydrogen (secondary N) is 2. The number of H-pyrrole nitrogens is 1. The second kappa shape index (κ2) is 11.5. The van der Waals surface area contributed by atoms with E-state index in [1.807, 2.05) is 4.98 Å². The molecular formula is C26H20F9N3O3. The van der Waals surface area contributed by atoms with Gasteiger partial charge in [-0.25, -0.2) is 18.2 Å². The molecule has 41 heavy (non-hydrogen) atoms. The highest BCUT2D eigenvalue weighted by molar-refractivity contribution is 5.79. The molecule has 0 unspecified atom stereocenters. The highest BCUT2D eigenvalue weighted by Gasteiger charge is 2.38. The summed E-state index contributed by atoms with van der Waals surface area (Å²) in [4.78, 5) is 29.4. The van der Waals surface area contributed by atoms with Gasteiger partial charge in [0, 0.05) is 24.1 Å². The average Bonchev–Trinajstić information content (AvgIpc) is 2.85. The van der Waals surface area contributed by atoms with Crippen LogP contribution in [0.2, 0.25) is 0 Å². The molecule has 1 saturated carbocycles. The number of benzene rings is 2. The molecule has 1 aliphatic carbocycles. The van der Waals surface area contributed by atoms with Crippen molar-refractivity contribution in [2.75, 3.05) is 0 Å². The number of nitrogens with zero attached hydrogens (tertiary/aromatic N) is 1. The Balaban J connectivity index is 1.41. The Kier molecular flexibility index (Phi) is 8.47. The number of alkyl halides is 8. The SMILES string of the molecule is O=C(NCc1ccc(C(F)(F)F)c(-c2nc(C(F)F)cc(=O)[nH]2)c1F)C1CC(OCc2cccc(C(F)(F)F)c2)C1. The van der Waals surface area contributed by atoms with Crippen molar-refractivity contribution < 1.29 is 49.0 Å². The van der Waals surface area contributed by atoms with Crippen molar-refractivity contribution in [3.05, 3.63) is 86.6 Å². The lowest BCUT2D eigenvalue weighted by molar-refractivity contribution is -0.138. The first-order valence-corrected chi connectivity index (χ1v) is 12.0. The molecule has 1 amide bonds. The molecule has 1 aliphatic rings. The second-order valence-electron chi connectivity index (χ2n) is 9.30. The van der Waals surface area contributed by atoms with Crippen molar-refractivity contribution in [1.82, 2.24) is 15.3 Å². The summed E-state index contributed by atoms with van der Waals surface area (Å²) < 4.78 is 126. The largest absolute Gasteiger partial charge is 0.417 e. The molecular weight excluding hydrogens is 573 g/mol. The van der Waals surface area contributed by atoms with E-state index in [4.69, 9.17) is 4.74 Å². The molecule has 1 aromatic heterocycles.